The van der Waals surface area contributed by atoms with Gasteiger partial charge in [0.15, 0.2) is 11.6 Å². The van der Waals surface area contributed by atoms with Crippen LogP contribution in [0.4, 0.5) is 4.39 Å². The third-order valence-electron chi connectivity index (χ3n) is 7.50. The minimum atomic E-state index is -1.44. The highest BCUT2D eigenvalue weighted by Crippen LogP contribution is 2.53. The standard InChI is InChI=1S/C30H23Cl3FNO5/c31-21-5-2-6-22(32)26(21)27-19(28(40-35-27)15-7-8-15)14-39-25-11-23(33)20(10-24(25)34)30(38)12-18(13-30)16-3-1-4-17(9-16)29(36)37/h1-6,9-11,15,18,38H,7-8,12-14H2,(H,36,37)/i14D. The van der Waals surface area contributed by atoms with Crippen molar-refractivity contribution >= 4 is 40.8 Å². The summed E-state index contributed by atoms with van der Waals surface area (Å²) in [6.45, 7) is -1.44. The number of ether oxygens (including phenoxy) is 1. The number of aromatic nitrogens is 1. The normalized spacial score (nSPS) is 21.4. The van der Waals surface area contributed by atoms with Gasteiger partial charge in [0.1, 0.15) is 18.0 Å². The SMILES string of the molecule is [2H]C(Oc1cc(Cl)c(C2(O)CC(c3cccc(C(=O)O)c3)C2)cc1F)c1c(-c2c(Cl)cccc2Cl)noc1C1CC1. The van der Waals surface area contributed by atoms with Gasteiger partial charge in [-0.15, -0.1) is 0 Å². The lowest BCUT2D eigenvalue weighted by Crippen LogP contribution is -2.40. The number of benzene rings is 3. The Morgan fingerprint density at radius 1 is 1.07 bits per heavy atom. The highest BCUT2D eigenvalue weighted by atomic mass is 35.5. The Morgan fingerprint density at radius 2 is 1.77 bits per heavy atom. The van der Waals surface area contributed by atoms with Crippen molar-refractivity contribution in [3.8, 4) is 17.0 Å². The third-order valence-corrected chi connectivity index (χ3v) is 8.45. The first-order valence-corrected chi connectivity index (χ1v) is 13.8. The minimum absolute atomic E-state index is 0.0665. The molecule has 3 aromatic carbocycles. The molecule has 6 nitrogen and oxygen atoms in total. The number of hydrogen-bond acceptors (Lipinski definition) is 5. The van der Waals surface area contributed by atoms with E-state index in [1.807, 2.05) is 0 Å². The lowest BCUT2D eigenvalue weighted by molar-refractivity contribution is -0.0551. The van der Waals surface area contributed by atoms with Crippen LogP contribution in [0.3, 0.4) is 0 Å². The lowest BCUT2D eigenvalue weighted by Gasteiger charge is -2.44. The van der Waals surface area contributed by atoms with Gasteiger partial charge in [-0.3, -0.25) is 0 Å². The van der Waals surface area contributed by atoms with Crippen molar-refractivity contribution in [1.82, 2.24) is 5.16 Å². The first kappa shape index (κ1) is 25.8. The molecule has 1 unspecified atom stereocenters. The van der Waals surface area contributed by atoms with Crippen molar-refractivity contribution in [2.75, 3.05) is 0 Å². The second-order valence-corrected chi connectivity index (χ2v) is 11.5. The molecule has 1 heterocycles. The molecule has 2 N–H and O–H groups in total. The van der Waals surface area contributed by atoms with Crippen molar-refractivity contribution in [2.24, 2.45) is 0 Å². The third kappa shape index (κ3) is 4.96. The Bertz CT molecular complexity index is 1650. The highest BCUT2D eigenvalue weighted by Gasteiger charge is 2.46. The smallest absolute Gasteiger partial charge is 0.335 e. The summed E-state index contributed by atoms with van der Waals surface area (Å²) in [5.41, 5.74) is 0.695. The molecule has 4 aromatic rings. The monoisotopic (exact) mass is 602 g/mol. The molecule has 1 atom stereocenters. The van der Waals surface area contributed by atoms with E-state index in [9.17, 15) is 15.0 Å². The second kappa shape index (κ2) is 10.4. The van der Waals surface area contributed by atoms with Crippen LogP contribution in [0, 0.1) is 5.82 Å². The van der Waals surface area contributed by atoms with Crippen LogP contribution in [0.15, 0.2) is 59.1 Å². The van der Waals surface area contributed by atoms with Gasteiger partial charge in [0.2, 0.25) is 0 Å². The molecule has 1 aromatic heterocycles. The molecule has 0 amide bonds. The van der Waals surface area contributed by atoms with Gasteiger partial charge in [-0.05, 0) is 67.5 Å². The molecule has 10 heteroatoms. The molecule has 0 saturated heterocycles. The molecule has 0 spiro atoms. The van der Waals surface area contributed by atoms with Crippen LogP contribution in [0.5, 0.6) is 5.75 Å². The van der Waals surface area contributed by atoms with E-state index in [0.29, 0.717) is 26.9 Å². The van der Waals surface area contributed by atoms with Gasteiger partial charge in [0, 0.05) is 23.1 Å². The molecule has 2 fully saturated rings. The van der Waals surface area contributed by atoms with E-state index in [2.05, 4.69) is 5.16 Å². The molecule has 2 saturated carbocycles. The first-order valence-electron chi connectivity index (χ1n) is 13.2. The zero-order valence-electron chi connectivity index (χ0n) is 21.8. The van der Waals surface area contributed by atoms with Gasteiger partial charge >= 0.3 is 5.97 Å². The number of rotatable bonds is 8. The Morgan fingerprint density at radius 3 is 2.45 bits per heavy atom. The quantitative estimate of drug-likeness (QED) is 0.210. The Kier molecular flexibility index (Phi) is 6.71. The number of carboxylic acids is 1. The summed E-state index contributed by atoms with van der Waals surface area (Å²) < 4.78 is 35.6. The van der Waals surface area contributed by atoms with E-state index in [-0.39, 0.29) is 52.3 Å². The number of halogens is 4. The van der Waals surface area contributed by atoms with Crippen LogP contribution < -0.4 is 4.74 Å². The zero-order valence-corrected chi connectivity index (χ0v) is 23.1. The van der Waals surface area contributed by atoms with Gasteiger partial charge < -0.3 is 19.5 Å². The fourth-order valence-electron chi connectivity index (χ4n) is 5.20. The number of hydrogen-bond donors (Lipinski definition) is 2. The molecule has 40 heavy (non-hydrogen) atoms. The second-order valence-electron chi connectivity index (χ2n) is 10.2. The first-order chi connectivity index (χ1) is 19.6. The van der Waals surface area contributed by atoms with Crippen molar-refractivity contribution in [3.63, 3.8) is 0 Å². The fraction of sp³-hybridized carbons (Fsp3) is 0.267. The predicted molar refractivity (Wildman–Crippen MR) is 149 cm³/mol. The summed E-state index contributed by atoms with van der Waals surface area (Å²) in [5, 5.41) is 25.4. The Labute approximate surface area is 245 Å². The van der Waals surface area contributed by atoms with Crippen molar-refractivity contribution in [1.29, 1.82) is 0 Å². The summed E-state index contributed by atoms with van der Waals surface area (Å²) in [5.74, 6) is -1.68. The van der Waals surface area contributed by atoms with Crippen LogP contribution in [-0.4, -0.2) is 21.3 Å². The molecular weight excluding hydrogens is 580 g/mol. The minimum Gasteiger partial charge on any atom is -0.486 e. The molecule has 0 bridgehead atoms. The molecule has 206 valence electrons. The maximum Gasteiger partial charge on any atom is 0.335 e. The number of aromatic carboxylic acids is 1. The number of nitrogens with zero attached hydrogens (tertiary/aromatic N) is 1. The number of aliphatic hydroxyl groups is 1. The molecule has 0 radical (unpaired) electrons. The van der Waals surface area contributed by atoms with Gasteiger partial charge in [0.25, 0.3) is 0 Å². The van der Waals surface area contributed by atoms with E-state index in [0.717, 1.165) is 24.5 Å². The highest BCUT2D eigenvalue weighted by molar-refractivity contribution is 6.39. The lowest BCUT2D eigenvalue weighted by atomic mass is 9.65. The van der Waals surface area contributed by atoms with Crippen LogP contribution >= 0.6 is 34.8 Å². The fourth-order valence-corrected chi connectivity index (χ4v) is 6.11. The maximum absolute atomic E-state index is 15.4. The summed E-state index contributed by atoms with van der Waals surface area (Å²) >= 11 is 19.3. The van der Waals surface area contributed by atoms with Gasteiger partial charge in [-0.1, -0.05) is 58.2 Å². The van der Waals surface area contributed by atoms with E-state index in [1.54, 1.807) is 36.4 Å². The van der Waals surface area contributed by atoms with Crippen LogP contribution in [-0.2, 0) is 12.2 Å². The topological polar surface area (TPSA) is 92.8 Å². The van der Waals surface area contributed by atoms with E-state index in [1.165, 1.54) is 12.1 Å². The van der Waals surface area contributed by atoms with Crippen molar-refractivity contribution in [2.45, 2.75) is 49.7 Å². The van der Waals surface area contributed by atoms with Gasteiger partial charge in [-0.2, -0.15) is 0 Å². The molecule has 0 aliphatic heterocycles. The van der Waals surface area contributed by atoms with Crippen LogP contribution in [0.25, 0.3) is 11.3 Å². The molecule has 2 aliphatic rings. The molecule has 2 aliphatic carbocycles. The van der Waals surface area contributed by atoms with Crippen LogP contribution in [0.2, 0.25) is 15.1 Å². The molecule has 6 rings (SSSR count). The van der Waals surface area contributed by atoms with E-state index in [4.69, 9.17) is 45.4 Å². The Balaban J connectivity index is 1.26. The largest absolute Gasteiger partial charge is 0.486 e. The summed E-state index contributed by atoms with van der Waals surface area (Å²) in [7, 11) is 0. The predicted octanol–water partition coefficient (Wildman–Crippen LogP) is 8.36. The number of carbonyl (C=O) groups is 1. The summed E-state index contributed by atoms with van der Waals surface area (Å²) in [6.07, 6.45) is 2.20. The van der Waals surface area contributed by atoms with Crippen molar-refractivity contribution < 1.29 is 30.0 Å². The summed E-state index contributed by atoms with van der Waals surface area (Å²) in [6, 6.07) is 13.9. The Hall–Kier alpha value is -3.10. The van der Waals surface area contributed by atoms with Crippen LogP contribution in [0.1, 0.15) is 71.7 Å². The summed E-state index contributed by atoms with van der Waals surface area (Å²) in [4.78, 5) is 11.3. The average Bonchev–Trinajstić information content (AvgIpc) is 3.67. The average molecular weight is 604 g/mol. The van der Waals surface area contributed by atoms with Gasteiger partial charge in [0.05, 0.1) is 33.2 Å². The van der Waals surface area contributed by atoms with E-state index >= 15 is 4.39 Å². The van der Waals surface area contributed by atoms with Gasteiger partial charge in [-0.25, -0.2) is 9.18 Å². The number of carboxylic acid groups (broad SMARTS) is 1. The van der Waals surface area contributed by atoms with Crippen molar-refractivity contribution in [3.05, 3.63) is 103 Å². The van der Waals surface area contributed by atoms with E-state index < -0.39 is 24.0 Å². The maximum atomic E-state index is 15.4. The zero-order chi connectivity index (χ0) is 29.1. The molecular formula is C30H23Cl3FNO5.